The zero-order valence-corrected chi connectivity index (χ0v) is 17.4. The van der Waals surface area contributed by atoms with E-state index in [1.165, 1.54) is 27.2 Å². The number of nitrogens with zero attached hydrogens (tertiary/aromatic N) is 4. The minimum Gasteiger partial charge on any atom is -0.361 e. The van der Waals surface area contributed by atoms with Crippen LogP contribution in [0.1, 0.15) is 18.3 Å². The molecule has 1 aliphatic rings. The Bertz CT molecular complexity index is 1330. The Hall–Kier alpha value is -3.43. The highest BCUT2D eigenvalue weighted by molar-refractivity contribution is 7.17. The van der Waals surface area contributed by atoms with Crippen LogP contribution < -0.4 is 10.5 Å². The Kier molecular flexibility index (Phi) is 4.61. The van der Waals surface area contributed by atoms with Crippen molar-refractivity contribution in [3.63, 3.8) is 0 Å². The number of para-hydroxylation sites is 1. The van der Waals surface area contributed by atoms with Crippen molar-refractivity contribution in [1.82, 2.24) is 9.55 Å². The molecule has 0 bridgehead atoms. The fraction of sp³-hybridized carbons (Fsp3) is 0.208. The quantitative estimate of drug-likeness (QED) is 0.491. The van der Waals surface area contributed by atoms with Gasteiger partial charge in [-0.25, -0.2) is 4.98 Å². The molecule has 4 aromatic rings. The van der Waals surface area contributed by atoms with Gasteiger partial charge in [-0.15, -0.1) is 11.3 Å². The van der Waals surface area contributed by atoms with Crippen LogP contribution in [0.3, 0.4) is 0 Å². The van der Waals surface area contributed by atoms with Gasteiger partial charge in [-0.2, -0.15) is 5.26 Å². The van der Waals surface area contributed by atoms with Crippen molar-refractivity contribution in [2.24, 2.45) is 0 Å². The van der Waals surface area contributed by atoms with Gasteiger partial charge in [0.25, 0.3) is 5.56 Å². The lowest BCUT2D eigenvalue weighted by Gasteiger charge is -2.25. The minimum atomic E-state index is -0.142. The third-order valence-electron chi connectivity index (χ3n) is 5.75. The largest absolute Gasteiger partial charge is 0.361 e. The van der Waals surface area contributed by atoms with Crippen LogP contribution >= 0.6 is 11.3 Å². The number of hydrogen-bond donors (Lipinski definition) is 0. The van der Waals surface area contributed by atoms with Gasteiger partial charge >= 0.3 is 0 Å². The second-order valence-electron chi connectivity index (χ2n) is 7.58. The lowest BCUT2D eigenvalue weighted by atomic mass is 10.1. The summed E-state index contributed by atoms with van der Waals surface area (Å²) in [6.45, 7) is 2.68. The van der Waals surface area contributed by atoms with E-state index in [1.807, 2.05) is 41.8 Å². The maximum absolute atomic E-state index is 13.5. The molecule has 0 amide bonds. The van der Waals surface area contributed by atoms with Crippen LogP contribution in [0.15, 0.2) is 64.8 Å². The molecule has 2 aromatic heterocycles. The molecule has 0 saturated heterocycles. The SMILES string of the molecule is CC1Cc2ccccc2N1Cc1nc2scc(-c3ccccc3)c2c(=O)n1CC#N. The first-order valence-corrected chi connectivity index (χ1v) is 10.8. The average molecular weight is 413 g/mol. The number of nitriles is 1. The van der Waals surface area contributed by atoms with Gasteiger partial charge in [0.2, 0.25) is 0 Å². The molecule has 2 aromatic carbocycles. The molecule has 0 N–H and O–H groups in total. The molecule has 6 heteroatoms. The Balaban J connectivity index is 1.64. The normalized spacial score (nSPS) is 15.3. The first kappa shape index (κ1) is 18.6. The number of benzene rings is 2. The molecule has 0 radical (unpaired) electrons. The predicted molar refractivity (Wildman–Crippen MR) is 121 cm³/mol. The molecular weight excluding hydrogens is 392 g/mol. The number of rotatable bonds is 4. The van der Waals surface area contributed by atoms with E-state index in [-0.39, 0.29) is 12.1 Å². The van der Waals surface area contributed by atoms with Crippen molar-refractivity contribution < 1.29 is 0 Å². The van der Waals surface area contributed by atoms with Crippen LogP contribution in [-0.4, -0.2) is 15.6 Å². The summed E-state index contributed by atoms with van der Waals surface area (Å²) in [7, 11) is 0. The predicted octanol–water partition coefficient (Wildman–Crippen LogP) is 4.60. The third-order valence-corrected chi connectivity index (χ3v) is 6.62. The maximum atomic E-state index is 13.5. The third kappa shape index (κ3) is 2.99. The van der Waals surface area contributed by atoms with Crippen molar-refractivity contribution in [2.75, 3.05) is 4.90 Å². The van der Waals surface area contributed by atoms with E-state index >= 15 is 0 Å². The first-order chi connectivity index (χ1) is 14.7. The fourth-order valence-electron chi connectivity index (χ4n) is 4.27. The summed E-state index contributed by atoms with van der Waals surface area (Å²) in [5, 5.41) is 12.0. The fourth-order valence-corrected chi connectivity index (χ4v) is 5.23. The van der Waals surface area contributed by atoms with Crippen molar-refractivity contribution in [1.29, 1.82) is 5.26 Å². The second-order valence-corrected chi connectivity index (χ2v) is 8.44. The van der Waals surface area contributed by atoms with Gasteiger partial charge in [0.05, 0.1) is 18.0 Å². The lowest BCUT2D eigenvalue weighted by Crippen LogP contribution is -2.33. The van der Waals surface area contributed by atoms with E-state index in [0.29, 0.717) is 23.8 Å². The van der Waals surface area contributed by atoms with Gasteiger partial charge in [0.15, 0.2) is 0 Å². The average Bonchev–Trinajstić information content (AvgIpc) is 3.33. The summed E-state index contributed by atoms with van der Waals surface area (Å²) in [6, 6.07) is 20.7. The Morgan fingerprint density at radius 1 is 1.17 bits per heavy atom. The van der Waals surface area contributed by atoms with Crippen LogP contribution in [0.5, 0.6) is 0 Å². The highest BCUT2D eigenvalue weighted by atomic mass is 32.1. The highest BCUT2D eigenvalue weighted by Gasteiger charge is 2.27. The van der Waals surface area contributed by atoms with Gasteiger partial charge in [-0.1, -0.05) is 48.5 Å². The van der Waals surface area contributed by atoms with Gasteiger partial charge in [0, 0.05) is 22.7 Å². The summed E-state index contributed by atoms with van der Waals surface area (Å²) >= 11 is 1.48. The second kappa shape index (κ2) is 7.43. The van der Waals surface area contributed by atoms with E-state index in [4.69, 9.17) is 4.98 Å². The summed E-state index contributed by atoms with van der Waals surface area (Å²) in [4.78, 5) is 21.3. The molecule has 5 rings (SSSR count). The smallest absolute Gasteiger partial charge is 0.263 e. The van der Waals surface area contributed by atoms with Crippen LogP contribution in [0, 0.1) is 11.3 Å². The van der Waals surface area contributed by atoms with E-state index < -0.39 is 0 Å². The standard InChI is InChI=1S/C24H20N4OS/c1-16-13-18-9-5-6-10-20(18)28(16)14-21-26-23-22(24(29)27(21)12-11-25)19(15-30-23)17-7-3-2-4-8-17/h2-10,15-16H,12-14H2,1H3. The lowest BCUT2D eigenvalue weighted by molar-refractivity contribution is 0.617. The Morgan fingerprint density at radius 3 is 2.73 bits per heavy atom. The van der Waals surface area contributed by atoms with Crippen LogP contribution in [-0.2, 0) is 19.5 Å². The summed E-state index contributed by atoms with van der Waals surface area (Å²) in [5.41, 5.74) is 4.21. The number of thiophene rings is 1. The molecular formula is C24H20N4OS. The molecule has 3 heterocycles. The molecule has 0 saturated carbocycles. The first-order valence-electron chi connectivity index (χ1n) is 9.95. The van der Waals surface area contributed by atoms with Gasteiger partial charge in [0.1, 0.15) is 17.2 Å². The van der Waals surface area contributed by atoms with Crippen LogP contribution in [0.25, 0.3) is 21.3 Å². The molecule has 0 spiro atoms. The van der Waals surface area contributed by atoms with Gasteiger partial charge in [-0.3, -0.25) is 9.36 Å². The van der Waals surface area contributed by atoms with Crippen molar-refractivity contribution >= 4 is 27.2 Å². The van der Waals surface area contributed by atoms with Gasteiger partial charge < -0.3 is 4.90 Å². The van der Waals surface area contributed by atoms with Crippen LogP contribution in [0.2, 0.25) is 0 Å². The zero-order chi connectivity index (χ0) is 20.7. The van der Waals surface area contributed by atoms with E-state index in [0.717, 1.165) is 22.4 Å². The Morgan fingerprint density at radius 2 is 1.93 bits per heavy atom. The number of anilines is 1. The van der Waals surface area contributed by atoms with Gasteiger partial charge in [-0.05, 0) is 30.5 Å². The summed E-state index contributed by atoms with van der Waals surface area (Å²) in [5.74, 6) is 0.638. The van der Waals surface area contributed by atoms with Crippen molar-refractivity contribution in [3.8, 4) is 17.2 Å². The molecule has 148 valence electrons. The molecule has 1 unspecified atom stereocenters. The summed E-state index contributed by atoms with van der Waals surface area (Å²) in [6.07, 6.45) is 0.970. The van der Waals surface area contributed by atoms with Crippen molar-refractivity contribution in [2.45, 2.75) is 32.5 Å². The number of hydrogen-bond acceptors (Lipinski definition) is 5. The molecule has 0 fully saturated rings. The molecule has 5 nitrogen and oxygen atoms in total. The Labute approximate surface area is 178 Å². The highest BCUT2D eigenvalue weighted by Crippen LogP contribution is 2.34. The number of aromatic nitrogens is 2. The van der Waals surface area contributed by atoms with Crippen LogP contribution in [0.4, 0.5) is 5.69 Å². The molecule has 1 aliphatic heterocycles. The summed E-state index contributed by atoms with van der Waals surface area (Å²) < 4.78 is 1.54. The topological polar surface area (TPSA) is 61.9 Å². The van der Waals surface area contributed by atoms with E-state index in [2.05, 4.69) is 36.1 Å². The van der Waals surface area contributed by atoms with Crippen molar-refractivity contribution in [3.05, 3.63) is 81.7 Å². The molecule has 30 heavy (non-hydrogen) atoms. The molecule has 0 aliphatic carbocycles. The maximum Gasteiger partial charge on any atom is 0.263 e. The van der Waals surface area contributed by atoms with E-state index in [1.54, 1.807) is 0 Å². The number of fused-ring (bicyclic) bond motifs is 2. The minimum absolute atomic E-state index is 0.00888. The molecule has 1 atom stereocenters. The monoisotopic (exact) mass is 412 g/mol. The van der Waals surface area contributed by atoms with E-state index in [9.17, 15) is 10.1 Å². The zero-order valence-electron chi connectivity index (χ0n) is 16.6.